The lowest BCUT2D eigenvalue weighted by atomic mass is 10.1. The first-order valence-corrected chi connectivity index (χ1v) is 4.94. The van der Waals surface area contributed by atoms with Crippen LogP contribution in [0.5, 0.6) is 0 Å². The van der Waals surface area contributed by atoms with Gasteiger partial charge < -0.3 is 11.1 Å². The van der Waals surface area contributed by atoms with Gasteiger partial charge in [0.25, 0.3) is 5.91 Å². The first-order chi connectivity index (χ1) is 7.17. The van der Waals surface area contributed by atoms with Gasteiger partial charge in [0.05, 0.1) is 11.1 Å². The van der Waals surface area contributed by atoms with Crippen LogP contribution in [0.1, 0.15) is 23.2 Å². The van der Waals surface area contributed by atoms with E-state index in [2.05, 4.69) is 5.32 Å². The lowest BCUT2D eigenvalue weighted by molar-refractivity contribution is 0.0929. The topological polar surface area (TPSA) is 55.1 Å². The van der Waals surface area contributed by atoms with Crippen LogP contribution >= 0.6 is 0 Å². The van der Waals surface area contributed by atoms with Crippen molar-refractivity contribution >= 4 is 5.91 Å². The minimum atomic E-state index is -0.497. The second-order valence-corrected chi connectivity index (χ2v) is 3.92. The Morgan fingerprint density at radius 1 is 1.47 bits per heavy atom. The second-order valence-electron chi connectivity index (χ2n) is 3.92. The molecule has 0 saturated heterocycles. The molecular formula is C11H13FN2O. The van der Waals surface area contributed by atoms with E-state index in [0.717, 1.165) is 12.8 Å². The highest BCUT2D eigenvalue weighted by Gasteiger charge is 2.42. The van der Waals surface area contributed by atoms with Crippen LogP contribution in [0.2, 0.25) is 0 Å². The molecule has 4 heteroatoms. The fourth-order valence-corrected chi connectivity index (χ4v) is 1.48. The molecule has 0 unspecified atom stereocenters. The van der Waals surface area contributed by atoms with Gasteiger partial charge in [0.15, 0.2) is 0 Å². The van der Waals surface area contributed by atoms with E-state index in [1.807, 2.05) is 0 Å². The number of carbonyl (C=O) groups excluding carboxylic acids is 1. The minimum Gasteiger partial charge on any atom is -0.345 e. The van der Waals surface area contributed by atoms with E-state index in [0.29, 0.717) is 6.54 Å². The molecule has 15 heavy (non-hydrogen) atoms. The maximum Gasteiger partial charge on any atom is 0.254 e. The number of benzene rings is 1. The van der Waals surface area contributed by atoms with E-state index in [-0.39, 0.29) is 17.0 Å². The summed E-state index contributed by atoms with van der Waals surface area (Å²) >= 11 is 0. The van der Waals surface area contributed by atoms with Crippen molar-refractivity contribution < 1.29 is 9.18 Å². The Bertz CT molecular complexity index is 388. The summed E-state index contributed by atoms with van der Waals surface area (Å²) < 4.78 is 13.2. The number of halogens is 1. The SMILES string of the molecule is NCC1(NC(=O)c2ccccc2F)CC1. The summed E-state index contributed by atoms with van der Waals surface area (Å²) in [6.45, 7) is 0.410. The highest BCUT2D eigenvalue weighted by atomic mass is 19.1. The van der Waals surface area contributed by atoms with Crippen LogP contribution in [0.25, 0.3) is 0 Å². The summed E-state index contributed by atoms with van der Waals surface area (Å²) in [6.07, 6.45) is 1.76. The summed E-state index contributed by atoms with van der Waals surface area (Å²) in [5, 5.41) is 2.77. The first-order valence-electron chi connectivity index (χ1n) is 4.94. The van der Waals surface area contributed by atoms with Crippen molar-refractivity contribution in [2.45, 2.75) is 18.4 Å². The summed E-state index contributed by atoms with van der Waals surface area (Å²) in [6, 6.07) is 5.94. The van der Waals surface area contributed by atoms with E-state index in [9.17, 15) is 9.18 Å². The third-order valence-electron chi connectivity index (χ3n) is 2.74. The maximum atomic E-state index is 13.2. The van der Waals surface area contributed by atoms with E-state index in [4.69, 9.17) is 5.73 Å². The summed E-state index contributed by atoms with van der Waals surface area (Å²) in [5.74, 6) is -0.876. The molecule has 0 bridgehead atoms. The molecule has 0 atom stereocenters. The predicted molar refractivity (Wildman–Crippen MR) is 54.9 cm³/mol. The zero-order valence-electron chi connectivity index (χ0n) is 8.29. The third-order valence-corrected chi connectivity index (χ3v) is 2.74. The summed E-state index contributed by atoms with van der Waals surface area (Å²) in [5.41, 5.74) is 5.33. The Balaban J connectivity index is 2.12. The molecule has 2 rings (SSSR count). The van der Waals surface area contributed by atoms with Crippen LogP contribution in [0.3, 0.4) is 0 Å². The van der Waals surface area contributed by atoms with Gasteiger partial charge in [0.1, 0.15) is 5.82 Å². The van der Waals surface area contributed by atoms with Gasteiger partial charge in [-0.3, -0.25) is 4.79 Å². The predicted octanol–water partition coefficient (Wildman–Crippen LogP) is 1.05. The molecule has 1 fully saturated rings. The molecule has 0 aromatic heterocycles. The summed E-state index contributed by atoms with van der Waals surface area (Å²) in [7, 11) is 0. The van der Waals surface area contributed by atoms with Gasteiger partial charge in [0.2, 0.25) is 0 Å². The summed E-state index contributed by atoms with van der Waals surface area (Å²) in [4.78, 5) is 11.7. The lowest BCUT2D eigenvalue weighted by Crippen LogP contribution is -2.42. The average Bonchev–Trinajstić information content (AvgIpc) is 2.99. The van der Waals surface area contributed by atoms with Crippen LogP contribution in [0.4, 0.5) is 4.39 Å². The Labute approximate surface area is 87.5 Å². The highest BCUT2D eigenvalue weighted by Crippen LogP contribution is 2.34. The van der Waals surface area contributed by atoms with Gasteiger partial charge in [-0.2, -0.15) is 0 Å². The number of hydrogen-bond acceptors (Lipinski definition) is 2. The Hall–Kier alpha value is -1.42. The van der Waals surface area contributed by atoms with Gasteiger partial charge in [-0.25, -0.2) is 4.39 Å². The van der Waals surface area contributed by atoms with Crippen molar-refractivity contribution in [3.63, 3.8) is 0 Å². The van der Waals surface area contributed by atoms with Crippen molar-refractivity contribution in [3.05, 3.63) is 35.6 Å². The van der Waals surface area contributed by atoms with Crippen molar-refractivity contribution in [1.29, 1.82) is 0 Å². The zero-order valence-corrected chi connectivity index (χ0v) is 8.29. The second kappa shape index (κ2) is 3.62. The van der Waals surface area contributed by atoms with Crippen LogP contribution in [-0.4, -0.2) is 18.0 Å². The van der Waals surface area contributed by atoms with Crippen molar-refractivity contribution in [2.75, 3.05) is 6.54 Å². The first kappa shape index (κ1) is 10.1. The monoisotopic (exact) mass is 208 g/mol. The number of amides is 1. The third kappa shape index (κ3) is 1.99. The van der Waals surface area contributed by atoms with E-state index in [1.165, 1.54) is 12.1 Å². The van der Waals surface area contributed by atoms with Gasteiger partial charge in [-0.1, -0.05) is 12.1 Å². The average molecular weight is 208 g/mol. The molecule has 3 N–H and O–H groups in total. The van der Waals surface area contributed by atoms with Crippen LogP contribution in [0.15, 0.2) is 24.3 Å². The Kier molecular flexibility index (Phi) is 2.44. The fourth-order valence-electron chi connectivity index (χ4n) is 1.48. The molecule has 0 heterocycles. The van der Waals surface area contributed by atoms with Crippen LogP contribution < -0.4 is 11.1 Å². The van der Waals surface area contributed by atoms with E-state index < -0.39 is 5.82 Å². The molecule has 3 nitrogen and oxygen atoms in total. The Morgan fingerprint density at radius 2 is 2.13 bits per heavy atom. The number of nitrogens with two attached hydrogens (primary N) is 1. The quantitative estimate of drug-likeness (QED) is 0.780. The number of rotatable bonds is 3. The molecular weight excluding hydrogens is 195 g/mol. The standard InChI is InChI=1S/C11H13FN2O/c12-9-4-2-1-3-8(9)10(15)14-11(7-13)5-6-11/h1-4H,5-7,13H2,(H,14,15). The zero-order chi connectivity index (χ0) is 10.9. The van der Waals surface area contributed by atoms with Crippen LogP contribution in [-0.2, 0) is 0 Å². The maximum absolute atomic E-state index is 13.2. The Morgan fingerprint density at radius 3 is 2.67 bits per heavy atom. The molecule has 0 radical (unpaired) electrons. The van der Waals surface area contributed by atoms with Gasteiger partial charge >= 0.3 is 0 Å². The molecule has 0 aliphatic heterocycles. The fraction of sp³-hybridized carbons (Fsp3) is 0.364. The molecule has 1 aromatic rings. The lowest BCUT2D eigenvalue weighted by Gasteiger charge is -2.14. The molecule has 0 spiro atoms. The van der Waals surface area contributed by atoms with E-state index in [1.54, 1.807) is 12.1 Å². The molecule has 1 amide bonds. The smallest absolute Gasteiger partial charge is 0.254 e. The molecule has 80 valence electrons. The minimum absolute atomic E-state index is 0.0808. The molecule has 1 saturated carbocycles. The van der Waals surface area contributed by atoms with Gasteiger partial charge in [-0.05, 0) is 25.0 Å². The number of carbonyl (C=O) groups is 1. The van der Waals surface area contributed by atoms with Crippen molar-refractivity contribution in [3.8, 4) is 0 Å². The normalized spacial score (nSPS) is 17.2. The molecule has 1 aliphatic carbocycles. The number of nitrogens with one attached hydrogen (secondary N) is 1. The molecule has 1 aliphatic rings. The highest BCUT2D eigenvalue weighted by molar-refractivity contribution is 5.95. The largest absolute Gasteiger partial charge is 0.345 e. The van der Waals surface area contributed by atoms with Gasteiger partial charge in [-0.15, -0.1) is 0 Å². The van der Waals surface area contributed by atoms with Crippen LogP contribution in [0, 0.1) is 5.82 Å². The van der Waals surface area contributed by atoms with E-state index >= 15 is 0 Å². The van der Waals surface area contributed by atoms with Crippen molar-refractivity contribution in [1.82, 2.24) is 5.32 Å². The number of hydrogen-bond donors (Lipinski definition) is 2. The molecule has 1 aromatic carbocycles. The van der Waals surface area contributed by atoms with Gasteiger partial charge in [0, 0.05) is 6.54 Å². The van der Waals surface area contributed by atoms with Crippen molar-refractivity contribution in [2.24, 2.45) is 5.73 Å².